The Balaban J connectivity index is 3.10. The number of rotatable bonds is 8. The molecule has 0 saturated heterocycles. The largest absolute Gasteiger partial charge is 0.447 e. The third kappa shape index (κ3) is 9.61. The number of unbranched alkanes of at least 4 members (excludes halogenated alkanes) is 1. The van der Waals surface area contributed by atoms with Gasteiger partial charge in [-0.05, 0) is 6.42 Å². The maximum absolute atomic E-state index is 10.9. The van der Waals surface area contributed by atoms with E-state index in [1.54, 1.807) is 0 Å². The summed E-state index contributed by atoms with van der Waals surface area (Å²) in [7, 11) is 0. The predicted molar refractivity (Wildman–Crippen MR) is 55.8 cm³/mol. The summed E-state index contributed by atoms with van der Waals surface area (Å²) in [5, 5.41) is 2.63. The van der Waals surface area contributed by atoms with Crippen molar-refractivity contribution in [2.75, 3.05) is 32.2 Å². The Hall–Kier alpha value is -0.480. The van der Waals surface area contributed by atoms with Crippen molar-refractivity contribution in [2.24, 2.45) is 0 Å². The zero-order valence-corrected chi connectivity index (χ0v) is 9.31. The van der Waals surface area contributed by atoms with Gasteiger partial charge in [-0.1, -0.05) is 13.3 Å². The Bertz CT molecular complexity index is 144. The summed E-state index contributed by atoms with van der Waals surface area (Å²) < 4.78 is 9.84. The standard InChI is InChI=1S/C9H18ClNO3/c1-2-3-5-11-9(12)14-8-7-13-6-4-10/h2-8H2,1H3,(H,11,12). The van der Waals surface area contributed by atoms with Crippen LogP contribution in [0.15, 0.2) is 0 Å². The molecule has 0 aromatic rings. The number of carbonyl (C=O) groups excluding carboxylic acids is 1. The van der Waals surface area contributed by atoms with Crippen LogP contribution in [0.1, 0.15) is 19.8 Å². The van der Waals surface area contributed by atoms with E-state index in [0.717, 1.165) is 12.8 Å². The summed E-state index contributed by atoms with van der Waals surface area (Å²) in [6.07, 6.45) is 1.64. The molecule has 1 N–H and O–H groups in total. The Morgan fingerprint density at radius 1 is 1.36 bits per heavy atom. The molecule has 5 heteroatoms. The Kier molecular flexibility index (Phi) is 10.2. The molecule has 0 unspecified atom stereocenters. The molecule has 0 spiro atoms. The van der Waals surface area contributed by atoms with Crippen molar-refractivity contribution in [3.05, 3.63) is 0 Å². The summed E-state index contributed by atoms with van der Waals surface area (Å²) in [6, 6.07) is 0. The number of amides is 1. The molecule has 0 aliphatic carbocycles. The van der Waals surface area contributed by atoms with Gasteiger partial charge in [0.25, 0.3) is 0 Å². The third-order valence-electron chi connectivity index (χ3n) is 1.48. The first-order valence-corrected chi connectivity index (χ1v) is 5.39. The number of hydrogen-bond acceptors (Lipinski definition) is 3. The van der Waals surface area contributed by atoms with Crippen molar-refractivity contribution < 1.29 is 14.3 Å². The molecule has 1 amide bonds. The number of hydrogen-bond donors (Lipinski definition) is 1. The lowest BCUT2D eigenvalue weighted by Crippen LogP contribution is -2.26. The summed E-state index contributed by atoms with van der Waals surface area (Å²) >= 11 is 5.38. The number of halogens is 1. The molecule has 84 valence electrons. The van der Waals surface area contributed by atoms with Crippen LogP contribution in [0, 0.1) is 0 Å². The van der Waals surface area contributed by atoms with Crippen molar-refractivity contribution in [3.8, 4) is 0 Å². The van der Waals surface area contributed by atoms with E-state index in [1.807, 2.05) is 0 Å². The SMILES string of the molecule is CCCCNC(=O)OCCOCCCl. The van der Waals surface area contributed by atoms with Crippen molar-refractivity contribution in [1.29, 1.82) is 0 Å². The maximum atomic E-state index is 10.9. The normalized spacial score (nSPS) is 9.86. The molecule has 0 saturated carbocycles. The van der Waals surface area contributed by atoms with Gasteiger partial charge in [-0.3, -0.25) is 0 Å². The molecule has 0 atom stereocenters. The van der Waals surface area contributed by atoms with E-state index >= 15 is 0 Å². The Morgan fingerprint density at radius 3 is 2.79 bits per heavy atom. The number of alkyl halides is 1. The van der Waals surface area contributed by atoms with Gasteiger partial charge in [0.15, 0.2) is 0 Å². The van der Waals surface area contributed by atoms with Crippen LogP contribution < -0.4 is 5.32 Å². The monoisotopic (exact) mass is 223 g/mol. The van der Waals surface area contributed by atoms with Crippen LogP contribution in [0.4, 0.5) is 4.79 Å². The first-order valence-electron chi connectivity index (χ1n) is 4.85. The fourth-order valence-electron chi connectivity index (χ4n) is 0.768. The van der Waals surface area contributed by atoms with Gasteiger partial charge in [0.05, 0.1) is 13.2 Å². The van der Waals surface area contributed by atoms with E-state index in [0.29, 0.717) is 25.6 Å². The topological polar surface area (TPSA) is 47.6 Å². The second kappa shape index (κ2) is 10.6. The predicted octanol–water partition coefficient (Wildman–Crippen LogP) is 1.77. The fourth-order valence-corrected chi connectivity index (χ4v) is 0.877. The van der Waals surface area contributed by atoms with Crippen LogP contribution in [-0.4, -0.2) is 38.3 Å². The van der Waals surface area contributed by atoms with Gasteiger partial charge >= 0.3 is 6.09 Å². The summed E-state index contributed by atoms with van der Waals surface area (Å²) in [6.45, 7) is 3.88. The molecule has 0 fully saturated rings. The van der Waals surface area contributed by atoms with Gasteiger partial charge in [0, 0.05) is 12.4 Å². The van der Waals surface area contributed by atoms with Gasteiger partial charge in [0.2, 0.25) is 0 Å². The van der Waals surface area contributed by atoms with Crippen LogP contribution in [0.25, 0.3) is 0 Å². The highest BCUT2D eigenvalue weighted by atomic mass is 35.5. The Morgan fingerprint density at radius 2 is 2.14 bits per heavy atom. The minimum atomic E-state index is -0.382. The molecule has 0 aromatic carbocycles. The lowest BCUT2D eigenvalue weighted by molar-refractivity contribution is 0.0797. The molecule has 0 bridgehead atoms. The lowest BCUT2D eigenvalue weighted by atomic mass is 10.3. The smallest absolute Gasteiger partial charge is 0.407 e. The van der Waals surface area contributed by atoms with Crippen LogP contribution in [0.5, 0.6) is 0 Å². The molecule has 0 radical (unpaired) electrons. The molecular formula is C9H18ClNO3. The Labute approximate surface area is 89.9 Å². The summed E-state index contributed by atoms with van der Waals surface area (Å²) in [5.41, 5.74) is 0. The van der Waals surface area contributed by atoms with Gasteiger partial charge in [-0.2, -0.15) is 0 Å². The summed E-state index contributed by atoms with van der Waals surface area (Å²) in [5.74, 6) is 0.461. The molecule has 0 aliphatic heterocycles. The van der Waals surface area contributed by atoms with E-state index in [9.17, 15) is 4.79 Å². The maximum Gasteiger partial charge on any atom is 0.407 e. The van der Waals surface area contributed by atoms with E-state index < -0.39 is 0 Å². The second-order valence-corrected chi connectivity index (χ2v) is 3.10. The highest BCUT2D eigenvalue weighted by Crippen LogP contribution is 1.85. The van der Waals surface area contributed by atoms with Gasteiger partial charge < -0.3 is 14.8 Å². The van der Waals surface area contributed by atoms with Gasteiger partial charge in [0.1, 0.15) is 6.61 Å². The highest BCUT2D eigenvalue weighted by molar-refractivity contribution is 6.17. The summed E-state index contributed by atoms with van der Waals surface area (Å²) in [4.78, 5) is 10.9. The van der Waals surface area contributed by atoms with Crippen molar-refractivity contribution >= 4 is 17.7 Å². The van der Waals surface area contributed by atoms with E-state index in [2.05, 4.69) is 12.2 Å². The van der Waals surface area contributed by atoms with Crippen LogP contribution >= 0.6 is 11.6 Å². The zero-order valence-electron chi connectivity index (χ0n) is 8.55. The minimum absolute atomic E-state index is 0.273. The highest BCUT2D eigenvalue weighted by Gasteiger charge is 1.99. The van der Waals surface area contributed by atoms with Gasteiger partial charge in [-0.25, -0.2) is 4.79 Å². The number of carbonyl (C=O) groups is 1. The van der Waals surface area contributed by atoms with E-state index in [4.69, 9.17) is 21.1 Å². The number of alkyl carbamates (subject to hydrolysis) is 1. The molecule has 0 aliphatic rings. The van der Waals surface area contributed by atoms with E-state index in [-0.39, 0.29) is 12.7 Å². The van der Waals surface area contributed by atoms with Crippen LogP contribution in [-0.2, 0) is 9.47 Å². The molecule has 0 heterocycles. The molecule has 0 rings (SSSR count). The number of nitrogens with one attached hydrogen (secondary N) is 1. The first-order chi connectivity index (χ1) is 6.81. The number of ether oxygens (including phenoxy) is 2. The fraction of sp³-hybridized carbons (Fsp3) is 0.889. The third-order valence-corrected chi connectivity index (χ3v) is 1.64. The van der Waals surface area contributed by atoms with E-state index in [1.165, 1.54) is 0 Å². The quantitative estimate of drug-likeness (QED) is 0.504. The van der Waals surface area contributed by atoms with Crippen molar-refractivity contribution in [1.82, 2.24) is 5.32 Å². The van der Waals surface area contributed by atoms with Crippen LogP contribution in [0.3, 0.4) is 0 Å². The van der Waals surface area contributed by atoms with Crippen molar-refractivity contribution in [3.63, 3.8) is 0 Å². The average molecular weight is 224 g/mol. The van der Waals surface area contributed by atoms with Crippen molar-refractivity contribution in [2.45, 2.75) is 19.8 Å². The molecular weight excluding hydrogens is 206 g/mol. The minimum Gasteiger partial charge on any atom is -0.447 e. The molecule has 4 nitrogen and oxygen atoms in total. The first kappa shape index (κ1) is 13.5. The second-order valence-electron chi connectivity index (χ2n) is 2.72. The average Bonchev–Trinajstić information content (AvgIpc) is 2.18. The van der Waals surface area contributed by atoms with Crippen LogP contribution in [0.2, 0.25) is 0 Å². The molecule has 14 heavy (non-hydrogen) atoms. The molecule has 0 aromatic heterocycles. The van der Waals surface area contributed by atoms with Gasteiger partial charge in [-0.15, -0.1) is 11.6 Å². The lowest BCUT2D eigenvalue weighted by Gasteiger charge is -2.06. The zero-order chi connectivity index (χ0) is 10.6.